The Bertz CT molecular complexity index is 878. The minimum absolute atomic E-state index is 0.0366. The normalized spacial score (nSPS) is 14.4. The zero-order valence-corrected chi connectivity index (χ0v) is 16.1. The lowest BCUT2D eigenvalue weighted by Crippen LogP contribution is -2.05. The second-order valence-electron chi connectivity index (χ2n) is 5.59. The van der Waals surface area contributed by atoms with Crippen LogP contribution in [-0.2, 0) is 4.79 Å². The molecule has 0 N–H and O–H groups in total. The molecule has 0 radical (unpaired) electrons. The summed E-state index contributed by atoms with van der Waals surface area (Å²) in [6.07, 6.45) is 2.71. The van der Waals surface area contributed by atoms with Gasteiger partial charge < -0.3 is 9.47 Å². The molecule has 0 saturated carbocycles. The first-order chi connectivity index (χ1) is 13.1. The van der Waals surface area contributed by atoms with E-state index in [9.17, 15) is 14.9 Å². The van der Waals surface area contributed by atoms with Crippen LogP contribution in [0.4, 0.5) is 5.69 Å². The maximum atomic E-state index is 12.1. The molecule has 0 aromatic heterocycles. The Balaban J connectivity index is 1.70. The van der Waals surface area contributed by atoms with Crippen molar-refractivity contribution in [1.82, 2.24) is 0 Å². The number of carbonyl (C=O) groups excluding carboxylic acids is 1. The summed E-state index contributed by atoms with van der Waals surface area (Å²) in [5, 5.41) is 10.8. The van der Waals surface area contributed by atoms with E-state index in [-0.39, 0.29) is 5.69 Å². The predicted molar refractivity (Wildman–Crippen MR) is 108 cm³/mol. The molecule has 0 amide bonds. The summed E-state index contributed by atoms with van der Waals surface area (Å²) < 4.78 is 11.1. The summed E-state index contributed by atoms with van der Waals surface area (Å²) >= 11 is 3.77. The van der Waals surface area contributed by atoms with E-state index in [4.69, 9.17) is 9.47 Å². The van der Waals surface area contributed by atoms with Gasteiger partial charge in [-0.1, -0.05) is 18.2 Å². The van der Waals surface area contributed by atoms with E-state index in [1.54, 1.807) is 18.2 Å². The van der Waals surface area contributed by atoms with E-state index in [0.717, 1.165) is 17.1 Å². The van der Waals surface area contributed by atoms with Gasteiger partial charge in [-0.2, -0.15) is 0 Å². The molecule has 0 bridgehead atoms. The zero-order valence-electron chi connectivity index (χ0n) is 14.5. The van der Waals surface area contributed by atoms with Crippen LogP contribution >= 0.6 is 23.5 Å². The fraction of sp³-hybridized carbons (Fsp3) is 0.211. The molecular formula is C19H17NO5S2. The van der Waals surface area contributed by atoms with Gasteiger partial charge in [0.25, 0.3) is 5.69 Å². The minimum Gasteiger partial charge on any atom is -0.493 e. The zero-order chi connectivity index (χ0) is 19.2. The van der Waals surface area contributed by atoms with Crippen LogP contribution < -0.4 is 9.47 Å². The van der Waals surface area contributed by atoms with E-state index in [1.807, 2.05) is 35.7 Å². The van der Waals surface area contributed by atoms with Gasteiger partial charge in [-0.15, -0.1) is 23.5 Å². The van der Waals surface area contributed by atoms with Crippen molar-refractivity contribution in [3.05, 3.63) is 69.8 Å². The quantitative estimate of drug-likeness (QED) is 0.227. The number of esters is 1. The average Bonchev–Trinajstić information content (AvgIpc) is 3.21. The summed E-state index contributed by atoms with van der Waals surface area (Å²) in [6.45, 7) is 0. The molecule has 0 atom stereocenters. The summed E-state index contributed by atoms with van der Waals surface area (Å²) in [6, 6.07) is 11.6. The van der Waals surface area contributed by atoms with Gasteiger partial charge in [0.05, 0.1) is 16.6 Å². The first-order valence-electron chi connectivity index (χ1n) is 8.12. The highest BCUT2D eigenvalue weighted by atomic mass is 32.2. The molecule has 140 valence electrons. The Morgan fingerprint density at radius 1 is 1.19 bits per heavy atom. The monoisotopic (exact) mass is 403 g/mol. The molecule has 2 aromatic carbocycles. The molecule has 27 heavy (non-hydrogen) atoms. The summed E-state index contributed by atoms with van der Waals surface area (Å²) in [4.78, 5) is 22.4. The summed E-state index contributed by atoms with van der Waals surface area (Å²) in [5.41, 5.74) is 1.63. The number of nitrogens with zero attached hydrogens (tertiary/aromatic N) is 1. The molecule has 2 aromatic rings. The van der Waals surface area contributed by atoms with Crippen molar-refractivity contribution in [2.75, 3.05) is 18.6 Å². The SMILES string of the molecule is COc1cc(C2SCCS2)ccc1OC(=O)/C=C/c1cccc([N+](=O)[O-])c1. The van der Waals surface area contributed by atoms with Gasteiger partial charge in [-0.05, 0) is 29.3 Å². The van der Waals surface area contributed by atoms with Crippen LogP contribution in [0.25, 0.3) is 6.08 Å². The van der Waals surface area contributed by atoms with E-state index in [2.05, 4.69) is 0 Å². The Labute approximate surface area is 165 Å². The number of nitro benzene ring substituents is 1. The Hall–Kier alpha value is -2.45. The number of hydrogen-bond acceptors (Lipinski definition) is 7. The van der Waals surface area contributed by atoms with Crippen LogP contribution in [0.15, 0.2) is 48.5 Å². The van der Waals surface area contributed by atoms with E-state index < -0.39 is 10.9 Å². The molecule has 6 nitrogen and oxygen atoms in total. The van der Waals surface area contributed by atoms with Crippen LogP contribution in [-0.4, -0.2) is 29.5 Å². The van der Waals surface area contributed by atoms with Crippen LogP contribution in [0.3, 0.4) is 0 Å². The molecule has 0 aliphatic carbocycles. The third kappa shape index (κ3) is 5.05. The van der Waals surface area contributed by atoms with Crippen LogP contribution in [0.5, 0.6) is 11.5 Å². The lowest BCUT2D eigenvalue weighted by molar-refractivity contribution is -0.384. The number of nitro groups is 1. The lowest BCUT2D eigenvalue weighted by Gasteiger charge is -2.13. The second kappa shape index (κ2) is 8.96. The van der Waals surface area contributed by atoms with Crippen LogP contribution in [0.1, 0.15) is 15.7 Å². The summed E-state index contributed by atoms with van der Waals surface area (Å²) in [5.74, 6) is 2.49. The minimum atomic E-state index is -0.586. The molecule has 8 heteroatoms. The molecule has 1 aliphatic heterocycles. The molecule has 0 unspecified atom stereocenters. The molecule has 3 rings (SSSR count). The van der Waals surface area contributed by atoms with Gasteiger partial charge >= 0.3 is 5.97 Å². The lowest BCUT2D eigenvalue weighted by atomic mass is 10.2. The third-order valence-electron chi connectivity index (χ3n) is 3.79. The first-order valence-corrected chi connectivity index (χ1v) is 10.2. The standard InChI is InChI=1S/C19H17NO5S2/c1-24-17-12-14(19-26-9-10-27-19)6-7-16(17)25-18(21)8-5-13-3-2-4-15(11-13)20(22)23/h2-8,11-12,19H,9-10H2,1H3/b8-5+. The number of hydrogen-bond donors (Lipinski definition) is 0. The highest BCUT2D eigenvalue weighted by molar-refractivity contribution is 8.19. The second-order valence-corrected chi connectivity index (χ2v) is 8.31. The highest BCUT2D eigenvalue weighted by Gasteiger charge is 2.20. The topological polar surface area (TPSA) is 78.7 Å². The molecule has 1 fully saturated rings. The highest BCUT2D eigenvalue weighted by Crippen LogP contribution is 2.46. The number of carbonyl (C=O) groups is 1. The van der Waals surface area contributed by atoms with Gasteiger partial charge in [0, 0.05) is 29.7 Å². The van der Waals surface area contributed by atoms with Gasteiger partial charge in [-0.3, -0.25) is 10.1 Å². The Morgan fingerprint density at radius 3 is 2.67 bits per heavy atom. The number of non-ortho nitro benzene ring substituents is 1. The largest absolute Gasteiger partial charge is 0.493 e. The average molecular weight is 403 g/mol. The maximum Gasteiger partial charge on any atom is 0.336 e. The van der Waals surface area contributed by atoms with Crippen molar-refractivity contribution in [3.8, 4) is 11.5 Å². The van der Waals surface area contributed by atoms with Crippen molar-refractivity contribution in [2.45, 2.75) is 4.58 Å². The number of thioether (sulfide) groups is 2. The van der Waals surface area contributed by atoms with E-state index >= 15 is 0 Å². The fourth-order valence-electron chi connectivity index (χ4n) is 2.51. The number of methoxy groups -OCH3 is 1. The van der Waals surface area contributed by atoms with Crippen molar-refractivity contribution < 1.29 is 19.2 Å². The fourth-order valence-corrected chi connectivity index (χ4v) is 5.35. The third-order valence-corrected chi connectivity index (χ3v) is 6.89. The van der Waals surface area contributed by atoms with Gasteiger partial charge in [0.1, 0.15) is 0 Å². The van der Waals surface area contributed by atoms with Gasteiger partial charge in [0.2, 0.25) is 0 Å². The van der Waals surface area contributed by atoms with Gasteiger partial charge in [-0.25, -0.2) is 4.79 Å². The smallest absolute Gasteiger partial charge is 0.336 e. The van der Waals surface area contributed by atoms with Crippen molar-refractivity contribution >= 4 is 41.3 Å². The summed E-state index contributed by atoms with van der Waals surface area (Å²) in [7, 11) is 1.53. The predicted octanol–water partition coefficient (Wildman–Crippen LogP) is 4.70. The van der Waals surface area contributed by atoms with Crippen molar-refractivity contribution in [1.29, 1.82) is 0 Å². The molecule has 1 aliphatic rings. The van der Waals surface area contributed by atoms with Crippen LogP contribution in [0, 0.1) is 10.1 Å². The number of ether oxygens (including phenoxy) is 2. The Morgan fingerprint density at radius 2 is 1.96 bits per heavy atom. The first kappa shape index (κ1) is 19.3. The van der Waals surface area contributed by atoms with E-state index in [1.165, 1.54) is 31.4 Å². The Kier molecular flexibility index (Phi) is 6.41. The van der Waals surface area contributed by atoms with Crippen molar-refractivity contribution in [3.63, 3.8) is 0 Å². The van der Waals surface area contributed by atoms with E-state index in [0.29, 0.717) is 21.6 Å². The molecule has 1 heterocycles. The van der Waals surface area contributed by atoms with Gasteiger partial charge in [0.15, 0.2) is 11.5 Å². The van der Waals surface area contributed by atoms with Crippen LogP contribution in [0.2, 0.25) is 0 Å². The maximum absolute atomic E-state index is 12.1. The number of rotatable bonds is 6. The molecule has 1 saturated heterocycles. The molecule has 0 spiro atoms. The molecular weight excluding hydrogens is 386 g/mol. The number of benzene rings is 2. The van der Waals surface area contributed by atoms with Crippen molar-refractivity contribution in [2.24, 2.45) is 0 Å².